The maximum atomic E-state index is 13.8. The normalized spacial score (nSPS) is 16.4. The SMILES string of the molecule is O=C(N[C@@H]1CCN(C(=O)c2nc3c(C(F)(F)F)cc(-c4ccoc4)cn3c2Cl)C1)OCCCl. The van der Waals surface area contributed by atoms with E-state index in [1.807, 2.05) is 0 Å². The Hall–Kier alpha value is -2.92. The Kier molecular flexibility index (Phi) is 6.44. The number of ether oxygens (including phenoxy) is 1. The van der Waals surface area contributed by atoms with Gasteiger partial charge in [0.1, 0.15) is 11.8 Å². The van der Waals surface area contributed by atoms with E-state index in [1.165, 1.54) is 29.7 Å². The van der Waals surface area contributed by atoms with Crippen LogP contribution < -0.4 is 5.32 Å². The molecule has 0 bridgehead atoms. The van der Waals surface area contributed by atoms with Crippen LogP contribution in [0.3, 0.4) is 0 Å². The van der Waals surface area contributed by atoms with Crippen molar-refractivity contribution in [3.05, 3.63) is 47.3 Å². The third-order valence-corrected chi connectivity index (χ3v) is 5.65. The molecule has 0 radical (unpaired) electrons. The van der Waals surface area contributed by atoms with Crippen LogP contribution in [0.25, 0.3) is 16.8 Å². The van der Waals surface area contributed by atoms with E-state index in [0.717, 1.165) is 10.5 Å². The van der Waals surface area contributed by atoms with Crippen molar-refractivity contribution in [1.29, 1.82) is 0 Å². The van der Waals surface area contributed by atoms with Gasteiger partial charge in [-0.05, 0) is 18.6 Å². The molecule has 176 valence electrons. The Morgan fingerprint density at radius 1 is 1.33 bits per heavy atom. The number of halogens is 5. The van der Waals surface area contributed by atoms with Crippen LogP contribution in [-0.2, 0) is 10.9 Å². The van der Waals surface area contributed by atoms with E-state index in [2.05, 4.69) is 10.3 Å². The van der Waals surface area contributed by atoms with Gasteiger partial charge in [0.15, 0.2) is 11.3 Å². The monoisotopic (exact) mass is 504 g/mol. The first kappa shape index (κ1) is 23.2. The molecule has 0 aliphatic carbocycles. The van der Waals surface area contributed by atoms with E-state index in [-0.39, 0.29) is 48.0 Å². The van der Waals surface area contributed by atoms with Crippen LogP contribution in [-0.4, -0.2) is 57.9 Å². The van der Waals surface area contributed by atoms with Crippen molar-refractivity contribution in [1.82, 2.24) is 19.6 Å². The number of furan rings is 1. The molecule has 3 aromatic heterocycles. The highest BCUT2D eigenvalue weighted by Crippen LogP contribution is 2.37. The summed E-state index contributed by atoms with van der Waals surface area (Å²) in [6.45, 7) is 0.434. The summed E-state index contributed by atoms with van der Waals surface area (Å²) in [6.07, 6.45) is -0.966. The summed E-state index contributed by atoms with van der Waals surface area (Å²) in [7, 11) is 0. The molecule has 0 saturated carbocycles. The van der Waals surface area contributed by atoms with Crippen LogP contribution in [0.2, 0.25) is 5.15 Å². The lowest BCUT2D eigenvalue weighted by Gasteiger charge is -2.16. The average molecular weight is 505 g/mol. The van der Waals surface area contributed by atoms with E-state index in [4.69, 9.17) is 32.4 Å². The van der Waals surface area contributed by atoms with Crippen molar-refractivity contribution in [2.75, 3.05) is 25.6 Å². The smallest absolute Gasteiger partial charge is 0.420 e. The van der Waals surface area contributed by atoms with E-state index in [1.54, 1.807) is 0 Å². The second-order valence-corrected chi connectivity index (χ2v) is 8.04. The molecule has 1 saturated heterocycles. The van der Waals surface area contributed by atoms with Crippen molar-refractivity contribution < 1.29 is 31.9 Å². The number of carbonyl (C=O) groups is 2. The van der Waals surface area contributed by atoms with E-state index >= 15 is 0 Å². The standard InChI is InChI=1S/C20H17Cl2F3N4O4/c21-3-6-33-19(31)26-13-1-4-28(9-13)18(30)15-16(22)29-8-12(11-2-5-32-10-11)7-14(17(29)27-15)20(23,24)25/h2,5,7-8,10,13H,1,3-4,6,9H2,(H,26,31)/t13-/m1/s1. The number of imidazole rings is 1. The molecule has 1 aliphatic rings. The Bertz CT molecular complexity index is 1180. The largest absolute Gasteiger partial charge is 0.472 e. The van der Waals surface area contributed by atoms with Crippen LogP contribution in [0.5, 0.6) is 0 Å². The number of fused-ring (bicyclic) bond motifs is 1. The molecule has 2 amide bonds. The molecule has 3 aromatic rings. The highest BCUT2D eigenvalue weighted by Gasteiger charge is 2.37. The highest BCUT2D eigenvalue weighted by atomic mass is 35.5. The lowest BCUT2D eigenvalue weighted by atomic mass is 10.1. The number of rotatable bonds is 5. The maximum absolute atomic E-state index is 13.8. The minimum Gasteiger partial charge on any atom is -0.472 e. The topological polar surface area (TPSA) is 89.1 Å². The van der Waals surface area contributed by atoms with Crippen molar-refractivity contribution in [2.45, 2.75) is 18.6 Å². The first-order chi connectivity index (χ1) is 15.7. The molecule has 1 N–H and O–H groups in total. The molecular formula is C20H17Cl2F3N4O4. The number of alkyl carbamates (subject to hydrolysis) is 1. The Morgan fingerprint density at radius 3 is 2.79 bits per heavy atom. The molecular weight excluding hydrogens is 488 g/mol. The number of amides is 2. The fraction of sp³-hybridized carbons (Fsp3) is 0.350. The van der Waals surface area contributed by atoms with Crippen molar-refractivity contribution in [3.63, 3.8) is 0 Å². The number of hydrogen-bond acceptors (Lipinski definition) is 5. The number of aromatic nitrogens is 2. The zero-order valence-corrected chi connectivity index (χ0v) is 18.4. The first-order valence-corrected chi connectivity index (χ1v) is 10.7. The van der Waals surface area contributed by atoms with Gasteiger partial charge in [0.2, 0.25) is 0 Å². The van der Waals surface area contributed by atoms with Gasteiger partial charge in [-0.1, -0.05) is 11.6 Å². The Labute approximate surface area is 195 Å². The number of nitrogens with one attached hydrogen (secondary N) is 1. The predicted molar refractivity (Wildman–Crippen MR) is 112 cm³/mol. The van der Waals surface area contributed by atoms with Crippen LogP contribution >= 0.6 is 23.2 Å². The minimum absolute atomic E-state index is 0.0436. The van der Waals surface area contributed by atoms with E-state index < -0.39 is 29.4 Å². The molecule has 1 atom stereocenters. The Balaban J connectivity index is 1.63. The number of nitrogens with zero attached hydrogens (tertiary/aromatic N) is 3. The Morgan fingerprint density at radius 2 is 2.12 bits per heavy atom. The lowest BCUT2D eigenvalue weighted by Crippen LogP contribution is -2.39. The molecule has 0 aromatic carbocycles. The summed E-state index contributed by atoms with van der Waals surface area (Å²) >= 11 is 11.8. The molecule has 1 aliphatic heterocycles. The van der Waals surface area contributed by atoms with E-state index in [9.17, 15) is 22.8 Å². The van der Waals surface area contributed by atoms with Gasteiger partial charge in [-0.3, -0.25) is 9.20 Å². The fourth-order valence-electron chi connectivity index (χ4n) is 3.60. The number of hydrogen-bond donors (Lipinski definition) is 1. The predicted octanol–water partition coefficient (Wildman–Crippen LogP) is 4.45. The third-order valence-electron chi connectivity index (χ3n) is 5.13. The van der Waals surface area contributed by atoms with Gasteiger partial charge in [-0.15, -0.1) is 11.6 Å². The molecule has 4 rings (SSSR count). The van der Waals surface area contributed by atoms with Crippen molar-refractivity contribution in [2.24, 2.45) is 0 Å². The lowest BCUT2D eigenvalue weighted by molar-refractivity contribution is -0.136. The van der Waals surface area contributed by atoms with Gasteiger partial charge in [0.05, 0.1) is 30.0 Å². The summed E-state index contributed by atoms with van der Waals surface area (Å²) in [4.78, 5) is 30.0. The van der Waals surface area contributed by atoms with Gasteiger partial charge < -0.3 is 19.4 Å². The molecule has 0 spiro atoms. The molecule has 13 heteroatoms. The summed E-state index contributed by atoms with van der Waals surface area (Å²) in [5.74, 6) is -0.489. The van der Waals surface area contributed by atoms with Crippen molar-refractivity contribution >= 4 is 40.8 Å². The molecule has 1 fully saturated rings. The minimum atomic E-state index is -4.73. The zero-order chi connectivity index (χ0) is 23.8. The summed E-state index contributed by atoms with van der Waals surface area (Å²) in [6, 6.07) is 2.05. The molecule has 4 heterocycles. The highest BCUT2D eigenvalue weighted by molar-refractivity contribution is 6.33. The number of likely N-dealkylation sites (tertiary alicyclic amines) is 1. The summed E-state index contributed by atoms with van der Waals surface area (Å²) < 4.78 is 52.1. The van der Waals surface area contributed by atoms with Crippen LogP contribution in [0.15, 0.2) is 35.3 Å². The second kappa shape index (κ2) is 9.14. The number of carbonyl (C=O) groups excluding carboxylic acids is 2. The number of alkyl halides is 4. The maximum Gasteiger partial charge on any atom is 0.420 e. The van der Waals surface area contributed by atoms with Gasteiger partial charge in [-0.2, -0.15) is 13.2 Å². The van der Waals surface area contributed by atoms with Gasteiger partial charge >= 0.3 is 12.3 Å². The summed E-state index contributed by atoms with van der Waals surface area (Å²) in [5, 5.41) is 2.37. The second-order valence-electron chi connectivity index (χ2n) is 7.30. The summed E-state index contributed by atoms with van der Waals surface area (Å²) in [5.41, 5.74) is -1.22. The van der Waals surface area contributed by atoms with Crippen molar-refractivity contribution in [3.8, 4) is 11.1 Å². The molecule has 0 unspecified atom stereocenters. The fourth-order valence-corrected chi connectivity index (χ4v) is 3.93. The van der Waals surface area contributed by atoms with Gasteiger partial charge in [0.25, 0.3) is 5.91 Å². The average Bonchev–Trinajstić information content (AvgIpc) is 3.51. The zero-order valence-electron chi connectivity index (χ0n) is 16.9. The van der Waals surface area contributed by atoms with Gasteiger partial charge in [0, 0.05) is 30.4 Å². The van der Waals surface area contributed by atoms with Crippen LogP contribution in [0, 0.1) is 0 Å². The first-order valence-electron chi connectivity index (χ1n) is 9.79. The third kappa shape index (κ3) is 4.74. The quantitative estimate of drug-likeness (QED) is 0.518. The molecule has 33 heavy (non-hydrogen) atoms. The van der Waals surface area contributed by atoms with E-state index in [0.29, 0.717) is 12.0 Å². The molecule has 8 nitrogen and oxygen atoms in total. The van der Waals surface area contributed by atoms with Crippen LogP contribution in [0.4, 0.5) is 18.0 Å². The van der Waals surface area contributed by atoms with Crippen LogP contribution in [0.1, 0.15) is 22.5 Å². The van der Waals surface area contributed by atoms with Gasteiger partial charge in [-0.25, -0.2) is 9.78 Å². The number of pyridine rings is 1.